The zero-order valence-corrected chi connectivity index (χ0v) is 24.4. The van der Waals surface area contributed by atoms with Gasteiger partial charge in [0.05, 0.1) is 0 Å². The Kier molecular flexibility index (Phi) is 22.2. The first kappa shape index (κ1) is 32.4. The molecular weight excluding hydrogens is 407 g/mol. The van der Waals surface area contributed by atoms with Crippen LogP contribution in [0.3, 0.4) is 0 Å². The van der Waals surface area contributed by atoms with Gasteiger partial charge in [-0.1, -0.05) is 0 Å². The first-order valence-electron chi connectivity index (χ1n) is 15.3. The van der Waals surface area contributed by atoms with Crippen LogP contribution in [0.4, 0.5) is 0 Å². The van der Waals surface area contributed by atoms with Crippen molar-refractivity contribution in [3.05, 3.63) is 0 Å². The van der Waals surface area contributed by atoms with E-state index in [-0.39, 0.29) is 5.16 Å². The summed E-state index contributed by atoms with van der Waals surface area (Å²) in [5.74, 6) is 0. The Labute approximate surface area is 205 Å². The van der Waals surface area contributed by atoms with Crippen molar-refractivity contribution in [3.63, 3.8) is 0 Å². The number of hydrogen-bond donors (Lipinski definition) is 1. The second kappa shape index (κ2) is 21.9. The molecule has 0 rings (SSSR count). The molecule has 32 heavy (non-hydrogen) atoms. The van der Waals surface area contributed by atoms with Crippen molar-refractivity contribution >= 4 is 7.49 Å². The molecule has 0 aliphatic rings. The van der Waals surface area contributed by atoms with Gasteiger partial charge in [0.2, 0.25) is 0 Å². The van der Waals surface area contributed by atoms with Gasteiger partial charge in [0, 0.05) is 0 Å². The molecule has 0 aromatic heterocycles. The predicted octanol–water partition coefficient (Wildman–Crippen LogP) is 11.1. The van der Waals surface area contributed by atoms with Crippen molar-refractivity contribution in [3.8, 4) is 0 Å². The minimum atomic E-state index is -2.21. The van der Waals surface area contributed by atoms with E-state index in [9.17, 15) is 4.89 Å². The molecule has 0 fully saturated rings. The van der Waals surface area contributed by atoms with Gasteiger partial charge in [-0.05, 0) is 0 Å². The van der Waals surface area contributed by atoms with Crippen molar-refractivity contribution in [2.24, 2.45) is 0 Å². The SMILES string of the molecule is CCCCCCCCCC(CCCCCCCC)(CCCCCCCC)[PH](O)(CC)CC. The van der Waals surface area contributed by atoms with E-state index in [1.54, 1.807) is 0 Å². The molecule has 0 unspecified atom stereocenters. The van der Waals surface area contributed by atoms with Crippen molar-refractivity contribution in [1.82, 2.24) is 0 Å². The molecule has 0 bridgehead atoms. The zero-order valence-electron chi connectivity index (χ0n) is 23.4. The van der Waals surface area contributed by atoms with E-state index >= 15 is 0 Å². The third kappa shape index (κ3) is 13.9. The van der Waals surface area contributed by atoms with Crippen molar-refractivity contribution in [1.29, 1.82) is 0 Å². The number of unbranched alkanes of at least 4 members (excludes halogenated alkanes) is 16. The fourth-order valence-electron chi connectivity index (χ4n) is 5.98. The predicted molar refractivity (Wildman–Crippen MR) is 153 cm³/mol. The van der Waals surface area contributed by atoms with Gasteiger partial charge in [-0.15, -0.1) is 0 Å². The molecule has 0 aromatic rings. The van der Waals surface area contributed by atoms with Gasteiger partial charge in [-0.25, -0.2) is 0 Å². The fraction of sp³-hybridized carbons (Fsp3) is 1.00. The average Bonchev–Trinajstić information content (AvgIpc) is 2.81. The number of hydrogen-bond acceptors (Lipinski definition) is 1. The topological polar surface area (TPSA) is 20.2 Å². The van der Waals surface area contributed by atoms with E-state index in [2.05, 4.69) is 34.6 Å². The Morgan fingerprint density at radius 1 is 0.406 bits per heavy atom. The van der Waals surface area contributed by atoms with Gasteiger partial charge in [-0.3, -0.25) is 0 Å². The van der Waals surface area contributed by atoms with Crippen molar-refractivity contribution < 1.29 is 4.89 Å². The molecular formula is C30H65OP. The van der Waals surface area contributed by atoms with Crippen LogP contribution in [0.15, 0.2) is 0 Å². The zero-order chi connectivity index (χ0) is 24.0. The standard InChI is InChI=1S/C30H65OP/c1-6-11-14-17-20-23-26-29-30(32(31,9-4)10-5,27-24-21-18-15-12-7-2)28-25-22-19-16-13-8-3/h31-32H,6-29H2,1-5H3. The molecule has 0 atom stereocenters. The van der Waals surface area contributed by atoms with E-state index in [1.165, 1.54) is 141 Å². The summed E-state index contributed by atoms with van der Waals surface area (Å²) in [6.07, 6.45) is 32.3. The summed E-state index contributed by atoms with van der Waals surface area (Å²) in [7, 11) is -2.21. The Bertz CT molecular complexity index is 361. The van der Waals surface area contributed by atoms with Crippen molar-refractivity contribution in [2.45, 2.75) is 181 Å². The second-order valence-electron chi connectivity index (χ2n) is 10.9. The molecule has 0 amide bonds. The molecule has 196 valence electrons. The fourth-order valence-corrected chi connectivity index (χ4v) is 9.91. The summed E-state index contributed by atoms with van der Waals surface area (Å²) >= 11 is 0. The molecule has 0 radical (unpaired) electrons. The molecule has 0 saturated carbocycles. The van der Waals surface area contributed by atoms with Gasteiger partial charge < -0.3 is 0 Å². The van der Waals surface area contributed by atoms with Gasteiger partial charge in [0.1, 0.15) is 0 Å². The molecule has 1 nitrogen and oxygen atoms in total. The summed E-state index contributed by atoms with van der Waals surface area (Å²) in [6, 6.07) is 0. The summed E-state index contributed by atoms with van der Waals surface area (Å²) in [5, 5.41) is 0.287. The molecule has 0 aliphatic carbocycles. The summed E-state index contributed by atoms with van der Waals surface area (Å²) in [4.78, 5) is 12.0. The molecule has 0 saturated heterocycles. The van der Waals surface area contributed by atoms with Crippen LogP contribution in [0.2, 0.25) is 0 Å². The van der Waals surface area contributed by atoms with Crippen LogP contribution in [0.5, 0.6) is 0 Å². The third-order valence-corrected chi connectivity index (χ3v) is 13.5. The Morgan fingerprint density at radius 2 is 0.656 bits per heavy atom. The van der Waals surface area contributed by atoms with Gasteiger partial charge in [-0.2, -0.15) is 0 Å². The van der Waals surface area contributed by atoms with Gasteiger partial charge in [0.15, 0.2) is 0 Å². The first-order chi connectivity index (χ1) is 15.6. The summed E-state index contributed by atoms with van der Waals surface area (Å²) in [5.41, 5.74) is 0. The monoisotopic (exact) mass is 472 g/mol. The van der Waals surface area contributed by atoms with Crippen LogP contribution in [0.25, 0.3) is 0 Å². The second-order valence-corrected chi connectivity index (χ2v) is 15.5. The van der Waals surface area contributed by atoms with E-state index in [0.717, 1.165) is 12.3 Å². The quantitative estimate of drug-likeness (QED) is 0.103. The van der Waals surface area contributed by atoms with Crippen LogP contribution in [0.1, 0.15) is 176 Å². The van der Waals surface area contributed by atoms with E-state index in [1.807, 2.05) is 0 Å². The average molecular weight is 473 g/mol. The summed E-state index contributed by atoms with van der Waals surface area (Å²) < 4.78 is 0. The number of rotatable bonds is 25. The molecule has 2 heteroatoms. The van der Waals surface area contributed by atoms with E-state index in [4.69, 9.17) is 0 Å². The minimum absolute atomic E-state index is 0.287. The van der Waals surface area contributed by atoms with Gasteiger partial charge >= 0.3 is 206 Å². The molecule has 0 aliphatic heterocycles. The third-order valence-electron chi connectivity index (χ3n) is 8.43. The molecule has 0 heterocycles. The Balaban J connectivity index is 5.01. The van der Waals surface area contributed by atoms with Crippen LogP contribution in [-0.2, 0) is 0 Å². The Hall–Kier alpha value is 0.390. The molecule has 1 N–H and O–H groups in total. The van der Waals surface area contributed by atoms with Crippen LogP contribution >= 0.6 is 7.49 Å². The molecule has 0 aromatic carbocycles. The normalized spacial score (nSPS) is 13.1. The maximum absolute atomic E-state index is 12.0. The van der Waals surface area contributed by atoms with E-state index in [0.29, 0.717) is 0 Å². The van der Waals surface area contributed by atoms with Crippen LogP contribution in [-0.4, -0.2) is 22.4 Å². The first-order valence-corrected chi connectivity index (χ1v) is 17.6. The maximum atomic E-state index is 12.0. The molecule has 0 spiro atoms. The van der Waals surface area contributed by atoms with E-state index < -0.39 is 7.49 Å². The summed E-state index contributed by atoms with van der Waals surface area (Å²) in [6.45, 7) is 11.5. The Morgan fingerprint density at radius 3 is 0.906 bits per heavy atom. The van der Waals surface area contributed by atoms with Crippen LogP contribution < -0.4 is 0 Å². The van der Waals surface area contributed by atoms with Crippen molar-refractivity contribution in [2.75, 3.05) is 12.3 Å². The van der Waals surface area contributed by atoms with Gasteiger partial charge in [0.25, 0.3) is 0 Å². The van der Waals surface area contributed by atoms with Crippen LogP contribution in [0, 0.1) is 0 Å².